The zero-order chi connectivity index (χ0) is 33.3. The SMILES string of the molecule is c1ccc(-c2ccc(N(c3cccc(-c4ccccc4)c3)c3cccc(-c4cccc(-c5cccc6c5oc5ccccc56)c4)c3)cc2)cc1. The van der Waals surface area contributed by atoms with Gasteiger partial charge in [0.25, 0.3) is 0 Å². The van der Waals surface area contributed by atoms with Crippen molar-refractivity contribution in [2.45, 2.75) is 0 Å². The van der Waals surface area contributed by atoms with E-state index in [4.69, 9.17) is 4.42 Å². The molecule has 0 aliphatic carbocycles. The van der Waals surface area contributed by atoms with Crippen molar-refractivity contribution in [1.29, 1.82) is 0 Å². The number of hydrogen-bond acceptors (Lipinski definition) is 2. The Morgan fingerprint density at radius 1 is 0.300 bits per heavy atom. The van der Waals surface area contributed by atoms with Crippen LogP contribution in [0.4, 0.5) is 17.1 Å². The summed E-state index contributed by atoms with van der Waals surface area (Å²) in [4.78, 5) is 2.35. The molecule has 0 bridgehead atoms. The van der Waals surface area contributed by atoms with E-state index < -0.39 is 0 Å². The first-order valence-corrected chi connectivity index (χ1v) is 17.0. The van der Waals surface area contributed by atoms with Gasteiger partial charge in [-0.2, -0.15) is 0 Å². The van der Waals surface area contributed by atoms with Crippen LogP contribution in [0.1, 0.15) is 0 Å². The van der Waals surface area contributed by atoms with Crippen molar-refractivity contribution in [3.05, 3.63) is 200 Å². The highest BCUT2D eigenvalue weighted by Gasteiger charge is 2.16. The lowest BCUT2D eigenvalue weighted by atomic mass is 9.97. The molecule has 0 aliphatic heterocycles. The second-order valence-corrected chi connectivity index (χ2v) is 12.6. The minimum Gasteiger partial charge on any atom is -0.455 e. The van der Waals surface area contributed by atoms with Gasteiger partial charge in [-0.15, -0.1) is 0 Å². The standard InChI is InChI=1S/C48H33NO/c1-3-13-34(14-4-1)36-27-29-41(30-28-36)49(42-21-10-18-38(32-42)35-15-5-2-6-16-35)43-22-11-19-39(33-43)37-17-9-20-40(31-37)44-24-12-25-46-45-23-7-8-26-47(45)50-48(44)46/h1-33H. The number of nitrogens with zero attached hydrogens (tertiary/aromatic N) is 1. The monoisotopic (exact) mass is 639 g/mol. The zero-order valence-corrected chi connectivity index (χ0v) is 27.4. The molecule has 8 aromatic carbocycles. The van der Waals surface area contributed by atoms with Crippen molar-refractivity contribution in [2.75, 3.05) is 4.90 Å². The Bertz CT molecular complexity index is 2580. The van der Waals surface area contributed by atoms with Crippen LogP contribution in [0.5, 0.6) is 0 Å². The van der Waals surface area contributed by atoms with Crippen molar-refractivity contribution in [1.82, 2.24) is 0 Å². The van der Waals surface area contributed by atoms with Gasteiger partial charge >= 0.3 is 0 Å². The number of anilines is 3. The molecule has 0 spiro atoms. The van der Waals surface area contributed by atoms with Crippen LogP contribution in [0.2, 0.25) is 0 Å². The number of para-hydroxylation sites is 2. The maximum absolute atomic E-state index is 6.40. The third-order valence-corrected chi connectivity index (χ3v) is 9.46. The molecule has 2 heteroatoms. The summed E-state index contributed by atoms with van der Waals surface area (Å²) in [5.74, 6) is 0. The minimum absolute atomic E-state index is 0.909. The topological polar surface area (TPSA) is 16.4 Å². The molecular formula is C48H33NO. The molecule has 9 aromatic rings. The van der Waals surface area contributed by atoms with Gasteiger partial charge in [-0.25, -0.2) is 0 Å². The van der Waals surface area contributed by atoms with E-state index in [-0.39, 0.29) is 0 Å². The summed E-state index contributed by atoms with van der Waals surface area (Å²) in [6.07, 6.45) is 0. The van der Waals surface area contributed by atoms with Gasteiger partial charge in [-0.05, 0) is 87.5 Å². The fourth-order valence-corrected chi connectivity index (χ4v) is 7.00. The second kappa shape index (κ2) is 12.8. The third kappa shape index (κ3) is 5.53. The quantitative estimate of drug-likeness (QED) is 0.173. The highest BCUT2D eigenvalue weighted by molar-refractivity contribution is 6.09. The van der Waals surface area contributed by atoms with Gasteiger partial charge in [0, 0.05) is 33.4 Å². The van der Waals surface area contributed by atoms with Crippen LogP contribution in [0.3, 0.4) is 0 Å². The van der Waals surface area contributed by atoms with E-state index >= 15 is 0 Å². The molecule has 0 aliphatic rings. The van der Waals surface area contributed by atoms with Gasteiger partial charge in [0.1, 0.15) is 11.2 Å². The molecular weight excluding hydrogens is 607 g/mol. The number of benzene rings is 8. The van der Waals surface area contributed by atoms with E-state index in [1.165, 1.54) is 22.3 Å². The molecule has 1 aromatic heterocycles. The molecule has 236 valence electrons. The van der Waals surface area contributed by atoms with Crippen LogP contribution in [-0.4, -0.2) is 0 Å². The average molecular weight is 640 g/mol. The Hall–Kier alpha value is -6.64. The minimum atomic E-state index is 0.909. The Labute approximate surface area is 292 Å². The maximum Gasteiger partial charge on any atom is 0.143 e. The molecule has 0 fully saturated rings. The van der Waals surface area contributed by atoms with Crippen molar-refractivity contribution >= 4 is 39.0 Å². The van der Waals surface area contributed by atoms with E-state index in [1.807, 2.05) is 12.1 Å². The summed E-state index contributed by atoms with van der Waals surface area (Å²) in [6, 6.07) is 71.1. The van der Waals surface area contributed by atoms with Crippen LogP contribution in [-0.2, 0) is 0 Å². The van der Waals surface area contributed by atoms with Crippen molar-refractivity contribution in [2.24, 2.45) is 0 Å². The van der Waals surface area contributed by atoms with Crippen LogP contribution < -0.4 is 4.90 Å². The summed E-state index contributed by atoms with van der Waals surface area (Å²) in [5, 5.41) is 2.28. The van der Waals surface area contributed by atoms with E-state index in [0.717, 1.165) is 61.3 Å². The lowest BCUT2D eigenvalue weighted by Crippen LogP contribution is -2.10. The molecule has 0 radical (unpaired) electrons. The van der Waals surface area contributed by atoms with Gasteiger partial charge in [-0.1, -0.05) is 152 Å². The van der Waals surface area contributed by atoms with Crippen molar-refractivity contribution in [3.63, 3.8) is 0 Å². The lowest BCUT2D eigenvalue weighted by molar-refractivity contribution is 0.670. The molecule has 50 heavy (non-hydrogen) atoms. The fraction of sp³-hybridized carbons (Fsp3) is 0. The van der Waals surface area contributed by atoms with E-state index in [0.29, 0.717) is 0 Å². The highest BCUT2D eigenvalue weighted by Crippen LogP contribution is 2.40. The third-order valence-electron chi connectivity index (χ3n) is 9.46. The Kier molecular flexibility index (Phi) is 7.53. The van der Waals surface area contributed by atoms with Gasteiger partial charge in [-0.3, -0.25) is 0 Å². The summed E-state index contributed by atoms with van der Waals surface area (Å²) < 4.78 is 6.40. The van der Waals surface area contributed by atoms with E-state index in [2.05, 4.69) is 193 Å². The molecule has 0 saturated heterocycles. The van der Waals surface area contributed by atoms with Crippen LogP contribution in [0.25, 0.3) is 66.4 Å². The molecule has 2 nitrogen and oxygen atoms in total. The lowest BCUT2D eigenvalue weighted by Gasteiger charge is -2.27. The first-order chi connectivity index (χ1) is 24.8. The molecule has 0 N–H and O–H groups in total. The highest BCUT2D eigenvalue weighted by atomic mass is 16.3. The smallest absolute Gasteiger partial charge is 0.143 e. The summed E-state index contributed by atoms with van der Waals surface area (Å²) in [7, 11) is 0. The number of fused-ring (bicyclic) bond motifs is 3. The average Bonchev–Trinajstić information content (AvgIpc) is 3.58. The summed E-state index contributed by atoms with van der Waals surface area (Å²) in [6.45, 7) is 0. The fourth-order valence-electron chi connectivity index (χ4n) is 7.00. The van der Waals surface area contributed by atoms with Gasteiger partial charge < -0.3 is 9.32 Å². The van der Waals surface area contributed by atoms with E-state index in [1.54, 1.807) is 0 Å². The Balaban J connectivity index is 1.14. The summed E-state index contributed by atoms with van der Waals surface area (Å²) >= 11 is 0. The summed E-state index contributed by atoms with van der Waals surface area (Å²) in [5.41, 5.74) is 14.4. The first kappa shape index (κ1) is 29.5. The molecule has 0 unspecified atom stereocenters. The molecule has 9 rings (SSSR count). The normalized spacial score (nSPS) is 11.2. The van der Waals surface area contributed by atoms with Crippen LogP contribution in [0.15, 0.2) is 205 Å². The zero-order valence-electron chi connectivity index (χ0n) is 27.4. The number of furan rings is 1. The second-order valence-electron chi connectivity index (χ2n) is 12.6. The number of hydrogen-bond donors (Lipinski definition) is 0. The molecule has 0 amide bonds. The molecule has 0 atom stereocenters. The predicted octanol–water partition coefficient (Wildman–Crippen LogP) is 13.7. The van der Waals surface area contributed by atoms with Crippen molar-refractivity contribution in [3.8, 4) is 44.5 Å². The van der Waals surface area contributed by atoms with Crippen LogP contribution >= 0.6 is 0 Å². The Morgan fingerprint density at radius 3 is 1.48 bits per heavy atom. The van der Waals surface area contributed by atoms with Gasteiger partial charge in [0.15, 0.2) is 0 Å². The maximum atomic E-state index is 6.40. The first-order valence-electron chi connectivity index (χ1n) is 17.0. The van der Waals surface area contributed by atoms with Gasteiger partial charge in [0.05, 0.1) is 0 Å². The van der Waals surface area contributed by atoms with Gasteiger partial charge in [0.2, 0.25) is 0 Å². The molecule has 0 saturated carbocycles. The van der Waals surface area contributed by atoms with Crippen molar-refractivity contribution < 1.29 is 4.42 Å². The van der Waals surface area contributed by atoms with E-state index in [9.17, 15) is 0 Å². The number of rotatable bonds is 7. The van der Waals surface area contributed by atoms with Crippen LogP contribution in [0, 0.1) is 0 Å². The molecule has 1 heterocycles. The largest absolute Gasteiger partial charge is 0.455 e. The predicted molar refractivity (Wildman–Crippen MR) is 210 cm³/mol. The Morgan fingerprint density at radius 2 is 0.780 bits per heavy atom.